The summed E-state index contributed by atoms with van der Waals surface area (Å²) in [7, 11) is 0. The number of nitrogens with zero attached hydrogens (tertiary/aromatic N) is 5. The molecule has 3 aliphatic heterocycles. The molecule has 210 valence electrons. The summed E-state index contributed by atoms with van der Waals surface area (Å²) < 4.78 is 0. The Hall–Kier alpha value is -4.31. The van der Waals surface area contributed by atoms with Gasteiger partial charge in [0.2, 0.25) is 11.9 Å². The Bertz CT molecular complexity index is 1500. The van der Waals surface area contributed by atoms with Crippen LogP contribution in [0.3, 0.4) is 0 Å². The highest BCUT2D eigenvalue weighted by atomic mass is 35.5. The second-order valence-corrected chi connectivity index (χ2v) is 11.1. The third-order valence-corrected chi connectivity index (χ3v) is 8.01. The molecule has 1 fully saturated rings. The highest BCUT2D eigenvalue weighted by Gasteiger charge is 2.26. The highest BCUT2D eigenvalue weighted by Crippen LogP contribution is 2.31. The van der Waals surface area contributed by atoms with E-state index in [2.05, 4.69) is 35.9 Å². The summed E-state index contributed by atoms with van der Waals surface area (Å²) in [5.41, 5.74) is 4.20. The molecule has 11 heteroatoms. The molecule has 3 aromatic rings. The number of aromatic nitrogens is 3. The second kappa shape index (κ2) is 12.1. The van der Waals surface area contributed by atoms with Crippen molar-refractivity contribution in [3.05, 3.63) is 77.0 Å². The first-order valence-electron chi connectivity index (χ1n) is 13.9. The lowest BCUT2D eigenvalue weighted by Gasteiger charge is -2.31. The number of carbonyl (C=O) groups excluding carboxylic acids is 2. The minimum Gasteiger partial charge on any atom is -0.339 e. The van der Waals surface area contributed by atoms with E-state index >= 15 is 0 Å². The quantitative estimate of drug-likeness (QED) is 0.381. The number of rotatable bonds is 4. The van der Waals surface area contributed by atoms with Crippen LogP contribution in [0.2, 0.25) is 5.02 Å². The molecule has 1 atom stereocenters. The highest BCUT2D eigenvalue weighted by molar-refractivity contribution is 6.32. The fourth-order valence-electron chi connectivity index (χ4n) is 5.51. The molecular formula is C30H31ClN8O2. The number of hydrogen-bond acceptors (Lipinski definition) is 8. The van der Waals surface area contributed by atoms with E-state index in [-0.39, 0.29) is 23.7 Å². The minimum atomic E-state index is -0.0148. The first-order chi connectivity index (χ1) is 20.0. The van der Waals surface area contributed by atoms with Gasteiger partial charge in [0, 0.05) is 67.3 Å². The molecule has 1 saturated heterocycles. The monoisotopic (exact) mass is 570 g/mol. The summed E-state index contributed by atoms with van der Waals surface area (Å²) in [6.07, 6.45) is 13.0. The molecule has 1 aromatic carbocycles. The number of fused-ring (bicyclic) bond motifs is 6. The minimum absolute atomic E-state index is 0.00409. The maximum absolute atomic E-state index is 13.2. The first-order valence-corrected chi connectivity index (χ1v) is 14.3. The van der Waals surface area contributed by atoms with Gasteiger partial charge in [0.1, 0.15) is 5.02 Å². The van der Waals surface area contributed by atoms with E-state index in [0.29, 0.717) is 41.9 Å². The second-order valence-electron chi connectivity index (χ2n) is 10.7. The molecule has 0 spiro atoms. The van der Waals surface area contributed by atoms with Crippen molar-refractivity contribution < 1.29 is 9.59 Å². The molecule has 6 rings (SSSR count). The van der Waals surface area contributed by atoms with Gasteiger partial charge in [0.05, 0.1) is 11.8 Å². The standard InChI is InChI=1S/C30H31ClN8O2/c31-25-18-34-30-36-24-12-20(15-33-17-24)3-4-21-14-23(35-28(25)38-30)5-6-26(21)37-27(40)13-19-7-10-39(11-8-19)29(41)22-2-1-9-32-16-22/h1-2,5-6,9,14-20H,3-4,7-8,10-13H2,(H,37,40)(H2,34,35,36,38). The van der Waals surface area contributed by atoms with Gasteiger partial charge in [-0.1, -0.05) is 11.6 Å². The zero-order valence-electron chi connectivity index (χ0n) is 22.5. The molecule has 1 unspecified atom stereocenters. The SMILES string of the molecule is O=C(CC1CCN(C(=O)c2cccnc2)CC1)Nc1ccc2cc1CCC1C=NC=C(C1)Nc1ncc(Cl)c(n1)N2. The van der Waals surface area contributed by atoms with E-state index in [9.17, 15) is 9.59 Å². The summed E-state index contributed by atoms with van der Waals surface area (Å²) in [5.74, 6) is 1.40. The van der Waals surface area contributed by atoms with Gasteiger partial charge in [-0.3, -0.25) is 19.6 Å². The number of hydrogen-bond donors (Lipinski definition) is 3. The van der Waals surface area contributed by atoms with Crippen LogP contribution < -0.4 is 16.0 Å². The number of piperidine rings is 1. The zero-order valence-corrected chi connectivity index (χ0v) is 23.3. The number of benzene rings is 1. The molecule has 0 aliphatic carbocycles. The van der Waals surface area contributed by atoms with Crippen molar-refractivity contribution in [3.63, 3.8) is 0 Å². The number of pyridine rings is 1. The molecule has 5 heterocycles. The predicted octanol–water partition coefficient (Wildman–Crippen LogP) is 5.44. The summed E-state index contributed by atoms with van der Waals surface area (Å²) >= 11 is 6.39. The van der Waals surface area contributed by atoms with E-state index in [1.54, 1.807) is 36.9 Å². The fourth-order valence-corrected chi connectivity index (χ4v) is 5.65. The molecule has 3 N–H and O–H groups in total. The Kier molecular flexibility index (Phi) is 7.91. The van der Waals surface area contributed by atoms with Gasteiger partial charge in [-0.05, 0) is 73.9 Å². The molecular weight excluding hydrogens is 540 g/mol. The van der Waals surface area contributed by atoms with E-state index in [1.807, 2.05) is 29.3 Å². The Labute approximate surface area is 243 Å². The molecule has 10 nitrogen and oxygen atoms in total. The van der Waals surface area contributed by atoms with Crippen LogP contribution in [0.25, 0.3) is 0 Å². The van der Waals surface area contributed by atoms with Gasteiger partial charge in [-0.25, -0.2) is 4.98 Å². The summed E-state index contributed by atoms with van der Waals surface area (Å²) in [6, 6.07) is 9.44. The maximum Gasteiger partial charge on any atom is 0.255 e. The lowest BCUT2D eigenvalue weighted by atomic mass is 9.92. The molecule has 0 saturated carbocycles. The van der Waals surface area contributed by atoms with Gasteiger partial charge in [0.25, 0.3) is 5.91 Å². The van der Waals surface area contributed by atoms with Crippen LogP contribution in [0, 0.1) is 11.8 Å². The van der Waals surface area contributed by atoms with Crippen LogP contribution in [-0.4, -0.2) is 51.0 Å². The van der Waals surface area contributed by atoms with Gasteiger partial charge < -0.3 is 20.9 Å². The smallest absolute Gasteiger partial charge is 0.255 e. The zero-order chi connectivity index (χ0) is 28.2. The van der Waals surface area contributed by atoms with Crippen molar-refractivity contribution in [3.8, 4) is 0 Å². The normalized spacial score (nSPS) is 18.5. The number of carbonyl (C=O) groups is 2. The molecule has 0 radical (unpaired) electrons. The van der Waals surface area contributed by atoms with Crippen molar-refractivity contribution in [2.24, 2.45) is 16.8 Å². The van der Waals surface area contributed by atoms with Gasteiger partial charge in [0.15, 0.2) is 5.82 Å². The molecule has 2 amide bonds. The Balaban J connectivity index is 1.13. The molecule has 41 heavy (non-hydrogen) atoms. The number of aliphatic imine (C=N–C) groups is 1. The van der Waals surface area contributed by atoms with E-state index in [4.69, 9.17) is 11.6 Å². The van der Waals surface area contributed by atoms with Gasteiger partial charge in [-0.15, -0.1) is 0 Å². The first kappa shape index (κ1) is 26.9. The fraction of sp³-hybridized carbons (Fsp3) is 0.333. The van der Waals surface area contributed by atoms with Crippen LogP contribution in [0.15, 0.2) is 65.8 Å². The van der Waals surface area contributed by atoms with Crippen LogP contribution in [0.5, 0.6) is 0 Å². The average Bonchev–Trinajstić information content (AvgIpc) is 2.99. The van der Waals surface area contributed by atoms with Crippen LogP contribution in [-0.2, 0) is 11.2 Å². The Morgan fingerprint density at radius 1 is 1.10 bits per heavy atom. The Morgan fingerprint density at radius 3 is 2.80 bits per heavy atom. The van der Waals surface area contributed by atoms with Crippen molar-refractivity contribution in [1.29, 1.82) is 0 Å². The maximum atomic E-state index is 13.2. The predicted molar refractivity (Wildman–Crippen MR) is 160 cm³/mol. The molecule has 2 aromatic heterocycles. The van der Waals surface area contributed by atoms with E-state index < -0.39 is 0 Å². The van der Waals surface area contributed by atoms with E-state index in [1.165, 1.54) is 0 Å². The van der Waals surface area contributed by atoms with Gasteiger partial charge in [-0.2, -0.15) is 4.98 Å². The van der Waals surface area contributed by atoms with Crippen LogP contribution in [0.4, 0.5) is 23.1 Å². The molecule has 3 aliphatic rings. The number of likely N-dealkylation sites (tertiary alicyclic amines) is 1. The van der Waals surface area contributed by atoms with E-state index in [0.717, 1.165) is 54.7 Å². The van der Waals surface area contributed by atoms with Crippen LogP contribution >= 0.6 is 11.6 Å². The van der Waals surface area contributed by atoms with Crippen molar-refractivity contribution in [1.82, 2.24) is 19.9 Å². The number of aryl methyl sites for hydroxylation is 1. The van der Waals surface area contributed by atoms with Crippen molar-refractivity contribution >= 4 is 52.8 Å². The van der Waals surface area contributed by atoms with Gasteiger partial charge >= 0.3 is 0 Å². The van der Waals surface area contributed by atoms with Crippen molar-refractivity contribution in [2.45, 2.75) is 38.5 Å². The summed E-state index contributed by atoms with van der Waals surface area (Å²) in [4.78, 5) is 45.1. The third-order valence-electron chi connectivity index (χ3n) is 7.74. The van der Waals surface area contributed by atoms with Crippen LogP contribution in [0.1, 0.15) is 48.0 Å². The Morgan fingerprint density at radius 2 is 1.98 bits per heavy atom. The summed E-state index contributed by atoms with van der Waals surface area (Å²) in [5, 5.41) is 10.1. The van der Waals surface area contributed by atoms with Crippen molar-refractivity contribution in [2.75, 3.05) is 29.0 Å². The number of anilines is 4. The third kappa shape index (κ3) is 6.54. The number of amides is 2. The topological polar surface area (TPSA) is 124 Å². The number of nitrogens with one attached hydrogen (secondary N) is 3. The summed E-state index contributed by atoms with van der Waals surface area (Å²) in [6.45, 7) is 1.28. The largest absolute Gasteiger partial charge is 0.339 e. The molecule has 6 bridgehead atoms. The average molecular weight is 571 g/mol. The lowest BCUT2D eigenvalue weighted by Crippen LogP contribution is -2.39. The number of allylic oxidation sites excluding steroid dienone is 1. The lowest BCUT2D eigenvalue weighted by molar-refractivity contribution is -0.117. The number of halogens is 1.